The van der Waals surface area contributed by atoms with Crippen LogP contribution in [0.1, 0.15) is 19.4 Å². The molecule has 0 bridgehead atoms. The predicted molar refractivity (Wildman–Crippen MR) is 97.4 cm³/mol. The zero-order valence-electron chi connectivity index (χ0n) is 15.0. The first-order chi connectivity index (χ1) is 13.1. The highest BCUT2D eigenvalue weighted by Crippen LogP contribution is 2.37. The van der Waals surface area contributed by atoms with Crippen molar-refractivity contribution in [2.45, 2.75) is 26.1 Å². The van der Waals surface area contributed by atoms with Gasteiger partial charge in [-0.3, -0.25) is 14.9 Å². The quantitative estimate of drug-likeness (QED) is 0.532. The number of carbonyl (C=O) groups is 1. The number of nitro groups is 1. The molecule has 0 aliphatic rings. The van der Waals surface area contributed by atoms with Crippen LogP contribution in [0, 0.1) is 10.1 Å². The maximum Gasteiger partial charge on any atom is 0.418 e. The Bertz CT molecular complexity index is 871. The van der Waals surface area contributed by atoms with Crippen LogP contribution < -0.4 is 15.4 Å². The third-order valence-corrected chi connectivity index (χ3v) is 3.73. The number of alkyl halides is 3. The second-order valence-electron chi connectivity index (χ2n) is 5.77. The topological polar surface area (TPSA) is 93.5 Å². The number of hydrogen-bond acceptors (Lipinski definition) is 5. The van der Waals surface area contributed by atoms with Gasteiger partial charge in [-0.1, -0.05) is 12.1 Å². The number of carbonyl (C=O) groups excluding carboxylic acids is 1. The number of non-ortho nitro benzene ring substituents is 1. The number of anilines is 2. The number of rotatable bonds is 7. The molecule has 0 spiro atoms. The second kappa shape index (κ2) is 8.59. The van der Waals surface area contributed by atoms with Crippen LogP contribution >= 0.6 is 0 Å². The van der Waals surface area contributed by atoms with Crippen LogP contribution in [-0.2, 0) is 11.0 Å². The van der Waals surface area contributed by atoms with Gasteiger partial charge < -0.3 is 15.4 Å². The molecule has 0 aliphatic heterocycles. The molecule has 2 rings (SSSR count). The maximum atomic E-state index is 13.2. The molecule has 2 aromatic rings. The predicted octanol–water partition coefficient (Wildman–Crippen LogP) is 4.45. The first-order valence-corrected chi connectivity index (χ1v) is 8.28. The van der Waals surface area contributed by atoms with Crippen molar-refractivity contribution in [3.8, 4) is 5.75 Å². The summed E-state index contributed by atoms with van der Waals surface area (Å²) in [5.41, 5.74) is -2.07. The highest BCUT2D eigenvalue weighted by molar-refractivity contribution is 5.97. The van der Waals surface area contributed by atoms with Gasteiger partial charge in [-0.15, -0.1) is 0 Å². The highest BCUT2D eigenvalue weighted by atomic mass is 19.4. The van der Waals surface area contributed by atoms with Crippen LogP contribution in [0.2, 0.25) is 0 Å². The average molecular weight is 397 g/mol. The van der Waals surface area contributed by atoms with Crippen LogP contribution in [0.3, 0.4) is 0 Å². The van der Waals surface area contributed by atoms with Gasteiger partial charge in [-0.2, -0.15) is 13.2 Å². The molecule has 0 radical (unpaired) electrons. The number of nitrogens with one attached hydrogen (secondary N) is 2. The lowest BCUT2D eigenvalue weighted by atomic mass is 10.1. The van der Waals surface area contributed by atoms with Gasteiger partial charge in [0.05, 0.1) is 28.5 Å². The van der Waals surface area contributed by atoms with Crippen LogP contribution in [-0.4, -0.2) is 23.5 Å². The molecule has 0 fully saturated rings. The molecule has 7 nitrogen and oxygen atoms in total. The monoisotopic (exact) mass is 397 g/mol. The van der Waals surface area contributed by atoms with Crippen LogP contribution in [0.25, 0.3) is 0 Å². The van der Waals surface area contributed by atoms with Gasteiger partial charge in [0.15, 0.2) is 0 Å². The van der Waals surface area contributed by atoms with Gasteiger partial charge >= 0.3 is 6.18 Å². The van der Waals surface area contributed by atoms with E-state index in [1.807, 2.05) is 0 Å². The van der Waals surface area contributed by atoms with Crippen molar-refractivity contribution >= 4 is 23.0 Å². The fourth-order valence-electron chi connectivity index (χ4n) is 2.40. The largest absolute Gasteiger partial charge is 0.492 e. The summed E-state index contributed by atoms with van der Waals surface area (Å²) in [5, 5.41) is 15.8. The van der Waals surface area contributed by atoms with Gasteiger partial charge in [-0.25, -0.2) is 0 Å². The molecule has 1 amide bonds. The zero-order chi connectivity index (χ0) is 20.9. The number of halogens is 3. The number of hydrogen-bond donors (Lipinski definition) is 2. The molecule has 10 heteroatoms. The van der Waals surface area contributed by atoms with E-state index >= 15 is 0 Å². The minimum Gasteiger partial charge on any atom is -0.492 e. The number of amides is 1. The molecule has 0 aliphatic carbocycles. The molecule has 0 saturated carbocycles. The van der Waals surface area contributed by atoms with E-state index < -0.39 is 40.0 Å². The van der Waals surface area contributed by atoms with E-state index in [0.29, 0.717) is 24.1 Å². The van der Waals surface area contributed by atoms with Crippen molar-refractivity contribution < 1.29 is 27.6 Å². The second-order valence-corrected chi connectivity index (χ2v) is 5.77. The lowest BCUT2D eigenvalue weighted by Gasteiger charge is -2.19. The lowest BCUT2D eigenvalue weighted by molar-refractivity contribution is -0.385. The summed E-state index contributed by atoms with van der Waals surface area (Å²) in [7, 11) is 0. The van der Waals surface area contributed by atoms with E-state index in [9.17, 15) is 28.1 Å². The van der Waals surface area contributed by atoms with Crippen molar-refractivity contribution in [3.63, 3.8) is 0 Å². The molecule has 150 valence electrons. The molecule has 0 heterocycles. The Morgan fingerprint density at radius 2 is 1.89 bits per heavy atom. The summed E-state index contributed by atoms with van der Waals surface area (Å²) in [5.74, 6) is -0.248. The third-order valence-electron chi connectivity index (χ3n) is 3.73. The summed E-state index contributed by atoms with van der Waals surface area (Å²) < 4.78 is 45.1. The molecule has 0 saturated heterocycles. The van der Waals surface area contributed by atoms with E-state index in [1.165, 1.54) is 6.92 Å². The molecule has 2 N–H and O–H groups in total. The molecular weight excluding hydrogens is 379 g/mol. The van der Waals surface area contributed by atoms with Crippen LogP contribution in [0.5, 0.6) is 5.75 Å². The molecule has 28 heavy (non-hydrogen) atoms. The Balaban J connectivity index is 2.21. The Kier molecular flexibility index (Phi) is 6.45. The Morgan fingerprint density at radius 3 is 2.50 bits per heavy atom. The van der Waals surface area contributed by atoms with E-state index in [0.717, 1.165) is 12.1 Å². The van der Waals surface area contributed by atoms with E-state index in [4.69, 9.17) is 4.74 Å². The van der Waals surface area contributed by atoms with E-state index in [1.54, 1.807) is 31.2 Å². The van der Waals surface area contributed by atoms with Crippen molar-refractivity contribution in [1.82, 2.24) is 0 Å². The SMILES string of the molecule is CCOc1ccccc1NC(C)C(=O)Nc1ccc([N+](=O)[O-])cc1C(F)(F)F. The fourth-order valence-corrected chi connectivity index (χ4v) is 2.40. The summed E-state index contributed by atoms with van der Waals surface area (Å²) in [6.07, 6.45) is -4.87. The molecule has 1 atom stereocenters. The number of nitrogens with zero attached hydrogens (tertiary/aromatic N) is 1. The van der Waals surface area contributed by atoms with Crippen molar-refractivity contribution in [3.05, 3.63) is 58.1 Å². The van der Waals surface area contributed by atoms with Gasteiger partial charge in [0.1, 0.15) is 11.8 Å². The lowest BCUT2D eigenvalue weighted by Crippen LogP contribution is -2.32. The van der Waals surface area contributed by atoms with Gasteiger partial charge in [0.2, 0.25) is 5.91 Å². The van der Waals surface area contributed by atoms with Crippen molar-refractivity contribution in [2.75, 3.05) is 17.2 Å². The average Bonchev–Trinajstić information content (AvgIpc) is 2.62. The number of ether oxygens (including phenoxy) is 1. The molecular formula is C18H18F3N3O4. The highest BCUT2D eigenvalue weighted by Gasteiger charge is 2.36. The fraction of sp³-hybridized carbons (Fsp3) is 0.278. The number of nitro benzene ring substituents is 1. The van der Waals surface area contributed by atoms with E-state index in [2.05, 4.69) is 10.6 Å². The van der Waals surface area contributed by atoms with Crippen molar-refractivity contribution in [2.24, 2.45) is 0 Å². The summed E-state index contributed by atoms with van der Waals surface area (Å²) >= 11 is 0. The van der Waals surface area contributed by atoms with Crippen molar-refractivity contribution in [1.29, 1.82) is 0 Å². The summed E-state index contributed by atoms with van der Waals surface area (Å²) in [4.78, 5) is 22.2. The zero-order valence-corrected chi connectivity index (χ0v) is 15.0. The molecule has 0 aromatic heterocycles. The smallest absolute Gasteiger partial charge is 0.418 e. The Morgan fingerprint density at radius 1 is 1.21 bits per heavy atom. The van der Waals surface area contributed by atoms with Gasteiger partial charge in [-0.05, 0) is 32.0 Å². The third kappa shape index (κ3) is 5.12. The van der Waals surface area contributed by atoms with Gasteiger partial charge in [0.25, 0.3) is 5.69 Å². The molecule has 1 unspecified atom stereocenters. The molecule has 2 aromatic carbocycles. The maximum absolute atomic E-state index is 13.2. The van der Waals surface area contributed by atoms with Crippen LogP contribution in [0.4, 0.5) is 30.2 Å². The number of benzene rings is 2. The Hall–Kier alpha value is -3.30. The first-order valence-electron chi connectivity index (χ1n) is 8.28. The minimum atomic E-state index is -4.87. The van der Waals surface area contributed by atoms with Gasteiger partial charge in [0, 0.05) is 12.1 Å². The number of para-hydroxylation sites is 2. The first kappa shape index (κ1) is 21.0. The van der Waals surface area contributed by atoms with E-state index in [-0.39, 0.29) is 0 Å². The van der Waals surface area contributed by atoms with Crippen LogP contribution in [0.15, 0.2) is 42.5 Å². The standard InChI is InChI=1S/C18H18F3N3O4/c1-3-28-16-7-5-4-6-15(16)22-11(2)17(25)23-14-9-8-12(24(26)27)10-13(14)18(19,20)21/h4-11,22H,3H2,1-2H3,(H,23,25). The summed E-state index contributed by atoms with van der Waals surface area (Å²) in [6.45, 7) is 3.66. The summed E-state index contributed by atoms with van der Waals surface area (Å²) in [6, 6.07) is 8.06. The minimum absolute atomic E-state index is 0.387. The Labute approximate surface area is 158 Å². The normalized spacial score (nSPS) is 12.2.